The molecule has 0 aliphatic heterocycles. The molecule has 0 aliphatic rings. The standard InChI is InChI=1S/C13H28/c1-6-8-13(12(5)7-2)10-9-11(3)4/h11-13H,6-10H2,1-5H3. The van der Waals surface area contributed by atoms with E-state index in [1.807, 2.05) is 0 Å². The van der Waals surface area contributed by atoms with Crippen molar-refractivity contribution in [3.8, 4) is 0 Å². The average molecular weight is 184 g/mol. The predicted octanol–water partition coefficient (Wildman–Crippen LogP) is 4.89. The lowest BCUT2D eigenvalue weighted by Gasteiger charge is -2.23. The predicted molar refractivity (Wildman–Crippen MR) is 61.9 cm³/mol. The van der Waals surface area contributed by atoms with E-state index in [-0.39, 0.29) is 0 Å². The van der Waals surface area contributed by atoms with Crippen LogP contribution in [0.2, 0.25) is 0 Å². The Morgan fingerprint density at radius 3 is 1.85 bits per heavy atom. The molecule has 0 nitrogen and oxygen atoms in total. The molecule has 13 heavy (non-hydrogen) atoms. The maximum Gasteiger partial charge on any atom is -0.0389 e. The molecule has 0 spiro atoms. The zero-order valence-electron chi connectivity index (χ0n) is 10.3. The average Bonchev–Trinajstić information content (AvgIpc) is 2.10. The molecule has 0 amide bonds. The van der Waals surface area contributed by atoms with Crippen molar-refractivity contribution in [1.82, 2.24) is 0 Å². The lowest BCUT2D eigenvalue weighted by Crippen LogP contribution is -2.11. The van der Waals surface area contributed by atoms with E-state index < -0.39 is 0 Å². The molecule has 0 heterocycles. The van der Waals surface area contributed by atoms with E-state index >= 15 is 0 Å². The second-order valence-corrected chi connectivity index (χ2v) is 4.91. The topological polar surface area (TPSA) is 0 Å². The molecule has 0 N–H and O–H groups in total. The third-order valence-electron chi connectivity index (χ3n) is 3.22. The van der Waals surface area contributed by atoms with E-state index in [2.05, 4.69) is 34.6 Å². The number of hydrogen-bond acceptors (Lipinski definition) is 0. The summed E-state index contributed by atoms with van der Waals surface area (Å²) in [6.45, 7) is 11.7. The van der Waals surface area contributed by atoms with Crippen molar-refractivity contribution in [2.24, 2.45) is 17.8 Å². The quantitative estimate of drug-likeness (QED) is 0.528. The highest BCUT2D eigenvalue weighted by atomic mass is 14.2. The van der Waals surface area contributed by atoms with Gasteiger partial charge in [0.1, 0.15) is 0 Å². The minimum Gasteiger partial charge on any atom is -0.0654 e. The fourth-order valence-corrected chi connectivity index (χ4v) is 1.96. The van der Waals surface area contributed by atoms with Crippen molar-refractivity contribution in [3.63, 3.8) is 0 Å². The number of rotatable bonds is 7. The largest absolute Gasteiger partial charge is 0.0654 e. The lowest BCUT2D eigenvalue weighted by atomic mass is 9.83. The zero-order chi connectivity index (χ0) is 10.3. The molecule has 0 rings (SSSR count). The van der Waals surface area contributed by atoms with Gasteiger partial charge in [0.2, 0.25) is 0 Å². The second kappa shape index (κ2) is 7.41. The first-order chi connectivity index (χ1) is 6.11. The highest BCUT2D eigenvalue weighted by Gasteiger charge is 2.14. The third-order valence-corrected chi connectivity index (χ3v) is 3.22. The Labute approximate surface area is 85.1 Å². The van der Waals surface area contributed by atoms with Crippen LogP contribution < -0.4 is 0 Å². The van der Waals surface area contributed by atoms with Crippen molar-refractivity contribution in [3.05, 3.63) is 0 Å². The molecule has 2 atom stereocenters. The molecular weight excluding hydrogens is 156 g/mol. The third kappa shape index (κ3) is 6.12. The summed E-state index contributed by atoms with van der Waals surface area (Å²) in [5.74, 6) is 2.79. The first-order valence-corrected chi connectivity index (χ1v) is 6.11. The summed E-state index contributed by atoms with van der Waals surface area (Å²) >= 11 is 0. The SMILES string of the molecule is CCCC(CCC(C)C)C(C)CC. The monoisotopic (exact) mass is 184 g/mol. The van der Waals surface area contributed by atoms with Crippen LogP contribution in [0.3, 0.4) is 0 Å². The van der Waals surface area contributed by atoms with E-state index in [0.717, 1.165) is 17.8 Å². The van der Waals surface area contributed by atoms with E-state index in [4.69, 9.17) is 0 Å². The van der Waals surface area contributed by atoms with Crippen molar-refractivity contribution in [2.45, 2.75) is 66.7 Å². The smallest absolute Gasteiger partial charge is 0.0389 e. The van der Waals surface area contributed by atoms with Crippen LogP contribution in [0.15, 0.2) is 0 Å². The van der Waals surface area contributed by atoms with Gasteiger partial charge in [-0.05, 0) is 24.2 Å². The van der Waals surface area contributed by atoms with Gasteiger partial charge < -0.3 is 0 Å². The summed E-state index contributed by atoms with van der Waals surface area (Å²) in [5.41, 5.74) is 0. The molecule has 0 radical (unpaired) electrons. The van der Waals surface area contributed by atoms with E-state index in [1.165, 1.54) is 32.1 Å². The Hall–Kier alpha value is 0. The van der Waals surface area contributed by atoms with Gasteiger partial charge in [-0.3, -0.25) is 0 Å². The van der Waals surface area contributed by atoms with Gasteiger partial charge >= 0.3 is 0 Å². The van der Waals surface area contributed by atoms with Gasteiger partial charge in [-0.25, -0.2) is 0 Å². The van der Waals surface area contributed by atoms with Crippen LogP contribution >= 0.6 is 0 Å². The van der Waals surface area contributed by atoms with Crippen LogP contribution in [0.1, 0.15) is 66.7 Å². The van der Waals surface area contributed by atoms with E-state index in [1.54, 1.807) is 0 Å². The van der Waals surface area contributed by atoms with Crippen LogP contribution in [0, 0.1) is 17.8 Å². The Balaban J connectivity index is 3.79. The molecule has 0 saturated carbocycles. The van der Waals surface area contributed by atoms with Gasteiger partial charge in [0.15, 0.2) is 0 Å². The summed E-state index contributed by atoms with van der Waals surface area (Å²) in [6, 6.07) is 0. The van der Waals surface area contributed by atoms with Gasteiger partial charge in [-0.2, -0.15) is 0 Å². The van der Waals surface area contributed by atoms with Crippen molar-refractivity contribution < 1.29 is 0 Å². The minimum atomic E-state index is 0.878. The molecule has 0 heteroatoms. The van der Waals surface area contributed by atoms with Crippen molar-refractivity contribution in [2.75, 3.05) is 0 Å². The molecule has 0 aliphatic carbocycles. The fraction of sp³-hybridized carbons (Fsp3) is 1.00. The normalized spacial score (nSPS) is 16.2. The van der Waals surface area contributed by atoms with Crippen LogP contribution in [0.4, 0.5) is 0 Å². The van der Waals surface area contributed by atoms with Gasteiger partial charge in [-0.15, -0.1) is 0 Å². The number of hydrogen-bond donors (Lipinski definition) is 0. The van der Waals surface area contributed by atoms with Crippen LogP contribution in [-0.2, 0) is 0 Å². The molecule has 0 saturated heterocycles. The van der Waals surface area contributed by atoms with Gasteiger partial charge in [0.25, 0.3) is 0 Å². The molecule has 2 unspecified atom stereocenters. The Morgan fingerprint density at radius 1 is 0.846 bits per heavy atom. The van der Waals surface area contributed by atoms with Crippen LogP contribution in [-0.4, -0.2) is 0 Å². The molecule has 0 aromatic rings. The van der Waals surface area contributed by atoms with Crippen LogP contribution in [0.25, 0.3) is 0 Å². The van der Waals surface area contributed by atoms with Crippen molar-refractivity contribution in [1.29, 1.82) is 0 Å². The van der Waals surface area contributed by atoms with Gasteiger partial charge in [0.05, 0.1) is 0 Å². The second-order valence-electron chi connectivity index (χ2n) is 4.91. The minimum absolute atomic E-state index is 0.878. The highest BCUT2D eigenvalue weighted by molar-refractivity contribution is 4.66. The maximum absolute atomic E-state index is 2.42. The van der Waals surface area contributed by atoms with Crippen molar-refractivity contribution >= 4 is 0 Å². The first kappa shape index (κ1) is 13.0. The molecular formula is C13H28. The fourth-order valence-electron chi connectivity index (χ4n) is 1.96. The molecule has 0 fully saturated rings. The molecule has 0 bridgehead atoms. The summed E-state index contributed by atoms with van der Waals surface area (Å²) in [7, 11) is 0. The molecule has 80 valence electrons. The van der Waals surface area contributed by atoms with E-state index in [0.29, 0.717) is 0 Å². The van der Waals surface area contributed by atoms with Gasteiger partial charge in [-0.1, -0.05) is 60.3 Å². The zero-order valence-corrected chi connectivity index (χ0v) is 10.3. The summed E-state index contributed by atoms with van der Waals surface area (Å²) < 4.78 is 0. The lowest BCUT2D eigenvalue weighted by molar-refractivity contribution is 0.285. The Morgan fingerprint density at radius 2 is 1.46 bits per heavy atom. The maximum atomic E-state index is 2.42. The highest BCUT2D eigenvalue weighted by Crippen LogP contribution is 2.26. The Bertz CT molecular complexity index is 105. The first-order valence-electron chi connectivity index (χ1n) is 6.11. The van der Waals surface area contributed by atoms with E-state index in [9.17, 15) is 0 Å². The van der Waals surface area contributed by atoms with Crippen LogP contribution in [0.5, 0.6) is 0 Å². The summed E-state index contributed by atoms with van der Waals surface area (Å²) in [5, 5.41) is 0. The summed E-state index contributed by atoms with van der Waals surface area (Å²) in [4.78, 5) is 0. The van der Waals surface area contributed by atoms with Gasteiger partial charge in [0, 0.05) is 0 Å². The summed E-state index contributed by atoms with van der Waals surface area (Å²) in [6.07, 6.45) is 6.99. The molecule has 0 aromatic heterocycles. The molecule has 0 aromatic carbocycles. The Kier molecular flexibility index (Phi) is 7.41.